The van der Waals surface area contributed by atoms with Gasteiger partial charge in [0, 0.05) is 18.1 Å². The smallest absolute Gasteiger partial charge is 0.244 e. The van der Waals surface area contributed by atoms with E-state index in [0.29, 0.717) is 5.76 Å². The Labute approximate surface area is 154 Å². The number of hydrogen-bond donors (Lipinski definition) is 1. The second kappa shape index (κ2) is 7.02. The van der Waals surface area contributed by atoms with Gasteiger partial charge in [-0.15, -0.1) is 0 Å². The molecule has 26 heavy (non-hydrogen) atoms. The molecule has 0 bridgehead atoms. The van der Waals surface area contributed by atoms with Gasteiger partial charge in [-0.1, -0.05) is 24.1 Å². The van der Waals surface area contributed by atoms with E-state index >= 15 is 0 Å². The van der Waals surface area contributed by atoms with Gasteiger partial charge in [0.25, 0.3) is 0 Å². The maximum atomic E-state index is 12.5. The number of carbonyl (C=O) groups excluding carboxylic acids is 1. The number of amides is 1. The average Bonchev–Trinajstić information content (AvgIpc) is 3.15. The minimum Gasteiger partial charge on any atom is -0.487 e. The Morgan fingerprint density at radius 1 is 1.23 bits per heavy atom. The summed E-state index contributed by atoms with van der Waals surface area (Å²) in [6.07, 6.45) is 11.5. The van der Waals surface area contributed by atoms with Gasteiger partial charge in [0.1, 0.15) is 17.1 Å². The summed E-state index contributed by atoms with van der Waals surface area (Å²) in [7, 11) is 0. The van der Waals surface area contributed by atoms with E-state index in [4.69, 9.17) is 9.15 Å². The van der Waals surface area contributed by atoms with Gasteiger partial charge in [-0.05, 0) is 56.9 Å². The van der Waals surface area contributed by atoms with Gasteiger partial charge in [0.15, 0.2) is 0 Å². The summed E-state index contributed by atoms with van der Waals surface area (Å²) in [5.41, 5.74) is 2.13. The highest BCUT2D eigenvalue weighted by molar-refractivity contribution is 5.91. The van der Waals surface area contributed by atoms with E-state index in [9.17, 15) is 4.79 Å². The zero-order chi connectivity index (χ0) is 18.0. The first-order valence-corrected chi connectivity index (χ1v) is 9.45. The highest BCUT2D eigenvalue weighted by Gasteiger charge is 2.42. The van der Waals surface area contributed by atoms with Gasteiger partial charge >= 0.3 is 0 Å². The minimum atomic E-state index is -0.136. The highest BCUT2D eigenvalue weighted by atomic mass is 16.5. The van der Waals surface area contributed by atoms with Gasteiger partial charge in [-0.2, -0.15) is 0 Å². The van der Waals surface area contributed by atoms with Gasteiger partial charge in [-0.3, -0.25) is 4.79 Å². The second-order valence-corrected chi connectivity index (χ2v) is 7.50. The van der Waals surface area contributed by atoms with Crippen LogP contribution in [0, 0.1) is 6.92 Å². The van der Waals surface area contributed by atoms with Crippen molar-refractivity contribution in [1.82, 2.24) is 5.32 Å². The van der Waals surface area contributed by atoms with Crippen molar-refractivity contribution in [3.8, 4) is 5.75 Å². The van der Waals surface area contributed by atoms with E-state index in [1.165, 1.54) is 30.9 Å². The fourth-order valence-corrected chi connectivity index (χ4v) is 4.18. The molecule has 1 N–H and O–H groups in total. The largest absolute Gasteiger partial charge is 0.487 e. The van der Waals surface area contributed by atoms with E-state index in [-0.39, 0.29) is 17.6 Å². The zero-order valence-corrected chi connectivity index (χ0v) is 15.2. The van der Waals surface area contributed by atoms with Crippen LogP contribution in [0.15, 0.2) is 47.1 Å². The molecule has 1 amide bonds. The third kappa shape index (κ3) is 3.55. The van der Waals surface area contributed by atoms with Crippen molar-refractivity contribution in [1.29, 1.82) is 0 Å². The number of rotatable bonds is 3. The van der Waals surface area contributed by atoms with Crippen LogP contribution in [-0.4, -0.2) is 11.5 Å². The lowest BCUT2D eigenvalue weighted by Gasteiger charge is -2.44. The Kier molecular flexibility index (Phi) is 4.58. The van der Waals surface area contributed by atoms with Gasteiger partial charge in [0.05, 0.1) is 12.3 Å². The first-order valence-electron chi connectivity index (χ1n) is 9.45. The third-order valence-corrected chi connectivity index (χ3v) is 5.47. The average molecular weight is 351 g/mol. The van der Waals surface area contributed by atoms with Crippen LogP contribution in [0.1, 0.15) is 61.5 Å². The number of aryl methyl sites for hydroxylation is 1. The molecule has 1 atom stereocenters. The Morgan fingerprint density at radius 2 is 2.08 bits per heavy atom. The molecule has 4 nitrogen and oxygen atoms in total. The number of hydrogen-bond acceptors (Lipinski definition) is 3. The molecule has 4 rings (SSSR count). The summed E-state index contributed by atoms with van der Waals surface area (Å²) in [5.74, 6) is 1.49. The molecule has 4 heteroatoms. The van der Waals surface area contributed by atoms with Gasteiger partial charge < -0.3 is 14.5 Å². The van der Waals surface area contributed by atoms with Crippen LogP contribution in [0.5, 0.6) is 5.75 Å². The number of carbonyl (C=O) groups is 1. The van der Waals surface area contributed by atoms with Gasteiger partial charge in [-0.25, -0.2) is 0 Å². The van der Waals surface area contributed by atoms with Crippen LogP contribution in [-0.2, 0) is 4.79 Å². The summed E-state index contributed by atoms with van der Waals surface area (Å²) in [6, 6.07) is 9.88. The maximum Gasteiger partial charge on any atom is 0.244 e. The molecule has 0 saturated heterocycles. The lowest BCUT2D eigenvalue weighted by atomic mass is 9.77. The number of furan rings is 1. The van der Waals surface area contributed by atoms with Crippen LogP contribution in [0.25, 0.3) is 6.08 Å². The number of fused-ring (bicyclic) bond motifs is 1. The van der Waals surface area contributed by atoms with Crippen LogP contribution in [0.2, 0.25) is 0 Å². The minimum absolute atomic E-state index is 0.0227. The molecule has 2 aromatic rings. The van der Waals surface area contributed by atoms with E-state index in [1.807, 2.05) is 12.1 Å². The Morgan fingerprint density at radius 3 is 2.85 bits per heavy atom. The molecule has 1 aliphatic carbocycles. The molecule has 2 aliphatic rings. The Bertz CT molecular complexity index is 801. The number of benzene rings is 1. The molecule has 1 fully saturated rings. The number of ether oxygens (including phenoxy) is 1. The molecule has 1 saturated carbocycles. The maximum absolute atomic E-state index is 12.5. The molecule has 1 spiro atoms. The van der Waals surface area contributed by atoms with Crippen LogP contribution in [0.3, 0.4) is 0 Å². The molecule has 1 aromatic carbocycles. The quantitative estimate of drug-likeness (QED) is 0.797. The Hall–Kier alpha value is -2.49. The third-order valence-electron chi connectivity index (χ3n) is 5.47. The fraction of sp³-hybridized carbons (Fsp3) is 0.409. The van der Waals surface area contributed by atoms with Crippen molar-refractivity contribution in [2.45, 2.75) is 57.1 Å². The van der Waals surface area contributed by atoms with Crippen LogP contribution in [0.4, 0.5) is 0 Å². The Balaban J connectivity index is 1.56. The summed E-state index contributed by atoms with van der Waals surface area (Å²) >= 11 is 0. The predicted molar refractivity (Wildman–Crippen MR) is 101 cm³/mol. The van der Waals surface area contributed by atoms with Crippen molar-refractivity contribution < 1.29 is 13.9 Å². The standard InChI is InChI=1S/C22H25NO3/c1-16-7-9-20-18(14-16)19(15-22(26-20)11-3-2-4-12-22)23-21(24)10-8-17-6-5-13-25-17/h5-10,13-14,19H,2-4,11-12,15H2,1H3,(H,23,24)/b10-8+. The summed E-state index contributed by atoms with van der Waals surface area (Å²) < 4.78 is 11.7. The van der Waals surface area contributed by atoms with Crippen molar-refractivity contribution in [3.63, 3.8) is 0 Å². The molecule has 1 aliphatic heterocycles. The predicted octanol–water partition coefficient (Wildman–Crippen LogP) is 4.94. The SMILES string of the molecule is Cc1ccc2c(c1)C(NC(=O)/C=C/c1ccco1)CC1(CCCCC1)O2. The van der Waals surface area contributed by atoms with Crippen LogP contribution < -0.4 is 10.1 Å². The normalized spacial score (nSPS) is 21.3. The monoisotopic (exact) mass is 351 g/mol. The fourth-order valence-electron chi connectivity index (χ4n) is 4.18. The molecule has 1 aromatic heterocycles. The topological polar surface area (TPSA) is 51.5 Å². The summed E-state index contributed by atoms with van der Waals surface area (Å²) in [6.45, 7) is 2.07. The molecule has 136 valence electrons. The highest BCUT2D eigenvalue weighted by Crippen LogP contribution is 2.46. The summed E-state index contributed by atoms with van der Waals surface area (Å²) in [5, 5.41) is 3.19. The van der Waals surface area contributed by atoms with Crippen LogP contribution >= 0.6 is 0 Å². The first-order chi connectivity index (χ1) is 12.6. The lowest BCUT2D eigenvalue weighted by molar-refractivity contribution is -0.118. The van der Waals surface area contributed by atoms with Gasteiger partial charge in [0.2, 0.25) is 5.91 Å². The summed E-state index contributed by atoms with van der Waals surface area (Å²) in [4.78, 5) is 12.5. The zero-order valence-electron chi connectivity index (χ0n) is 15.2. The molecular weight excluding hydrogens is 326 g/mol. The number of nitrogens with one attached hydrogen (secondary N) is 1. The van der Waals surface area contributed by atoms with Crippen molar-refractivity contribution in [2.75, 3.05) is 0 Å². The van der Waals surface area contributed by atoms with E-state index < -0.39 is 0 Å². The van der Waals surface area contributed by atoms with E-state index in [1.54, 1.807) is 12.3 Å². The van der Waals surface area contributed by atoms with Crippen molar-refractivity contribution in [2.24, 2.45) is 0 Å². The molecule has 0 radical (unpaired) electrons. The molecule has 2 heterocycles. The van der Waals surface area contributed by atoms with Crippen molar-refractivity contribution >= 4 is 12.0 Å². The molecular formula is C22H25NO3. The lowest BCUT2D eigenvalue weighted by Crippen LogP contribution is -2.46. The second-order valence-electron chi connectivity index (χ2n) is 7.50. The first kappa shape index (κ1) is 17.0. The molecule has 1 unspecified atom stereocenters. The van der Waals surface area contributed by atoms with E-state index in [0.717, 1.165) is 30.6 Å². The van der Waals surface area contributed by atoms with E-state index in [2.05, 4.69) is 30.4 Å². The van der Waals surface area contributed by atoms with Crippen molar-refractivity contribution in [3.05, 3.63) is 59.6 Å².